The van der Waals surface area contributed by atoms with Crippen molar-refractivity contribution >= 4 is 17.5 Å². The Labute approximate surface area is 94.8 Å². The van der Waals surface area contributed by atoms with E-state index in [1.54, 1.807) is 7.05 Å². The van der Waals surface area contributed by atoms with Crippen molar-refractivity contribution in [2.75, 3.05) is 7.05 Å². The van der Waals surface area contributed by atoms with Crippen LogP contribution in [0.4, 0.5) is 0 Å². The van der Waals surface area contributed by atoms with Gasteiger partial charge in [0, 0.05) is 18.5 Å². The minimum atomic E-state index is -0.0380. The van der Waals surface area contributed by atoms with E-state index in [0.717, 1.165) is 22.9 Å². The number of hydrazine groups is 1. The van der Waals surface area contributed by atoms with Crippen LogP contribution in [-0.2, 0) is 11.2 Å². The molecule has 1 aromatic carbocycles. The normalized spacial score (nSPS) is 10.1. The first-order valence-electron chi connectivity index (χ1n) is 4.85. The topological polar surface area (TPSA) is 46.3 Å². The van der Waals surface area contributed by atoms with Crippen LogP contribution < -0.4 is 5.84 Å². The zero-order valence-electron chi connectivity index (χ0n) is 8.74. The van der Waals surface area contributed by atoms with E-state index >= 15 is 0 Å². The molecule has 0 unspecified atom stereocenters. The Morgan fingerprint density at radius 3 is 2.53 bits per heavy atom. The van der Waals surface area contributed by atoms with Gasteiger partial charge in [0.25, 0.3) is 0 Å². The van der Waals surface area contributed by atoms with E-state index in [1.165, 1.54) is 5.56 Å². The molecule has 82 valence electrons. The highest BCUT2D eigenvalue weighted by Crippen LogP contribution is 2.11. The molecule has 1 aromatic rings. The molecule has 2 N–H and O–H groups in total. The molecule has 0 aliphatic carbocycles. The highest BCUT2D eigenvalue weighted by Gasteiger charge is 2.03. The van der Waals surface area contributed by atoms with E-state index in [0.29, 0.717) is 6.42 Å². The Hall–Kier alpha value is -1.06. The van der Waals surface area contributed by atoms with Gasteiger partial charge in [-0.1, -0.05) is 23.7 Å². The van der Waals surface area contributed by atoms with E-state index in [2.05, 4.69) is 0 Å². The molecular formula is C11H15ClN2O. The lowest BCUT2D eigenvalue weighted by Gasteiger charge is -2.09. The molecule has 0 atom stereocenters. The minimum Gasteiger partial charge on any atom is -0.284 e. The summed E-state index contributed by atoms with van der Waals surface area (Å²) in [4.78, 5) is 11.2. The van der Waals surface area contributed by atoms with Crippen molar-refractivity contribution in [1.29, 1.82) is 0 Å². The van der Waals surface area contributed by atoms with Crippen molar-refractivity contribution in [2.24, 2.45) is 5.84 Å². The van der Waals surface area contributed by atoms with Gasteiger partial charge >= 0.3 is 0 Å². The van der Waals surface area contributed by atoms with Gasteiger partial charge in [0.1, 0.15) is 0 Å². The van der Waals surface area contributed by atoms with Crippen LogP contribution in [0.5, 0.6) is 0 Å². The summed E-state index contributed by atoms with van der Waals surface area (Å²) >= 11 is 5.76. The zero-order valence-corrected chi connectivity index (χ0v) is 9.50. The maximum Gasteiger partial charge on any atom is 0.236 e. The number of amides is 1. The molecule has 0 heterocycles. The third-order valence-corrected chi connectivity index (χ3v) is 2.41. The molecule has 1 amide bonds. The molecule has 4 heteroatoms. The molecule has 1 rings (SSSR count). The summed E-state index contributed by atoms with van der Waals surface area (Å²) in [6, 6.07) is 7.65. The van der Waals surface area contributed by atoms with Crippen LogP contribution >= 0.6 is 11.6 Å². The SMILES string of the molecule is CN(N)C(=O)CCCc1ccc(Cl)cc1. The van der Waals surface area contributed by atoms with E-state index in [-0.39, 0.29) is 5.91 Å². The third-order valence-electron chi connectivity index (χ3n) is 2.16. The summed E-state index contributed by atoms with van der Waals surface area (Å²) in [5.41, 5.74) is 1.19. The van der Waals surface area contributed by atoms with Gasteiger partial charge in [-0.15, -0.1) is 0 Å². The van der Waals surface area contributed by atoms with E-state index in [4.69, 9.17) is 17.4 Å². The van der Waals surface area contributed by atoms with Crippen LogP contribution in [0.2, 0.25) is 5.02 Å². The number of carbonyl (C=O) groups is 1. The number of halogens is 1. The molecule has 0 aromatic heterocycles. The summed E-state index contributed by atoms with van der Waals surface area (Å²) in [6.07, 6.45) is 2.16. The maximum absolute atomic E-state index is 11.2. The summed E-state index contributed by atoms with van der Waals surface area (Å²) in [7, 11) is 1.56. The van der Waals surface area contributed by atoms with Crippen LogP contribution in [0.15, 0.2) is 24.3 Å². The van der Waals surface area contributed by atoms with Gasteiger partial charge in [0.2, 0.25) is 5.91 Å². The van der Waals surface area contributed by atoms with Crippen molar-refractivity contribution in [1.82, 2.24) is 5.01 Å². The molecule has 0 fully saturated rings. The molecule has 0 saturated carbocycles. The second-order valence-electron chi connectivity index (χ2n) is 3.48. The van der Waals surface area contributed by atoms with Gasteiger partial charge in [-0.2, -0.15) is 0 Å². The Kier molecular flexibility index (Phi) is 4.59. The highest BCUT2D eigenvalue weighted by atomic mass is 35.5. The average Bonchev–Trinajstić information content (AvgIpc) is 2.20. The first kappa shape index (κ1) is 12.0. The molecular weight excluding hydrogens is 212 g/mol. The molecule has 0 radical (unpaired) electrons. The molecule has 0 aliphatic rings. The molecule has 0 saturated heterocycles. The zero-order chi connectivity index (χ0) is 11.3. The summed E-state index contributed by atoms with van der Waals surface area (Å²) in [6.45, 7) is 0. The lowest BCUT2D eigenvalue weighted by Crippen LogP contribution is -2.32. The third kappa shape index (κ3) is 4.32. The van der Waals surface area contributed by atoms with Crippen LogP contribution in [-0.4, -0.2) is 18.0 Å². The first-order chi connectivity index (χ1) is 7.09. The van der Waals surface area contributed by atoms with Crippen molar-refractivity contribution < 1.29 is 4.79 Å². The summed E-state index contributed by atoms with van der Waals surface area (Å²) in [5, 5.41) is 1.86. The fourth-order valence-electron chi connectivity index (χ4n) is 1.27. The van der Waals surface area contributed by atoms with Crippen LogP contribution in [0.1, 0.15) is 18.4 Å². The second kappa shape index (κ2) is 5.73. The molecule has 0 aliphatic heterocycles. The van der Waals surface area contributed by atoms with E-state index < -0.39 is 0 Å². The number of nitrogens with zero attached hydrogens (tertiary/aromatic N) is 1. The van der Waals surface area contributed by atoms with Crippen LogP contribution in [0.25, 0.3) is 0 Å². The highest BCUT2D eigenvalue weighted by molar-refractivity contribution is 6.30. The number of benzene rings is 1. The Bertz CT molecular complexity index is 322. The van der Waals surface area contributed by atoms with Gasteiger partial charge in [0.15, 0.2) is 0 Å². The average molecular weight is 227 g/mol. The van der Waals surface area contributed by atoms with E-state index in [9.17, 15) is 4.79 Å². The van der Waals surface area contributed by atoms with E-state index in [1.807, 2.05) is 24.3 Å². The number of hydrogen-bond acceptors (Lipinski definition) is 2. The Balaban J connectivity index is 2.32. The van der Waals surface area contributed by atoms with Gasteiger partial charge in [-0.3, -0.25) is 9.80 Å². The molecule has 3 nitrogen and oxygen atoms in total. The van der Waals surface area contributed by atoms with Crippen molar-refractivity contribution in [3.8, 4) is 0 Å². The minimum absolute atomic E-state index is 0.0380. The van der Waals surface area contributed by atoms with Crippen molar-refractivity contribution in [2.45, 2.75) is 19.3 Å². The van der Waals surface area contributed by atoms with Gasteiger partial charge in [-0.25, -0.2) is 5.84 Å². The number of carbonyl (C=O) groups excluding carboxylic acids is 1. The lowest BCUT2D eigenvalue weighted by molar-refractivity contribution is -0.130. The lowest BCUT2D eigenvalue weighted by atomic mass is 10.1. The fourth-order valence-corrected chi connectivity index (χ4v) is 1.40. The molecule has 15 heavy (non-hydrogen) atoms. The largest absolute Gasteiger partial charge is 0.284 e. The van der Waals surface area contributed by atoms with Gasteiger partial charge in [-0.05, 0) is 30.5 Å². The Morgan fingerprint density at radius 1 is 1.40 bits per heavy atom. The predicted molar refractivity (Wildman–Crippen MR) is 61.3 cm³/mol. The number of hydrogen-bond donors (Lipinski definition) is 1. The summed E-state index contributed by atoms with van der Waals surface area (Å²) < 4.78 is 0. The predicted octanol–water partition coefficient (Wildman–Crippen LogP) is 1.99. The molecule has 0 spiro atoms. The first-order valence-corrected chi connectivity index (χ1v) is 5.23. The monoisotopic (exact) mass is 226 g/mol. The number of aryl methyl sites for hydroxylation is 1. The number of nitrogens with two attached hydrogens (primary N) is 1. The standard InChI is InChI=1S/C11H15ClN2O/c1-14(13)11(15)4-2-3-9-5-7-10(12)8-6-9/h5-8H,2-4,13H2,1H3. The van der Waals surface area contributed by atoms with Crippen LogP contribution in [0, 0.1) is 0 Å². The van der Waals surface area contributed by atoms with Crippen molar-refractivity contribution in [3.05, 3.63) is 34.9 Å². The van der Waals surface area contributed by atoms with Gasteiger partial charge < -0.3 is 0 Å². The number of rotatable bonds is 4. The van der Waals surface area contributed by atoms with Crippen molar-refractivity contribution in [3.63, 3.8) is 0 Å². The summed E-state index contributed by atoms with van der Waals surface area (Å²) in [5.74, 6) is 5.26. The second-order valence-corrected chi connectivity index (χ2v) is 3.92. The smallest absolute Gasteiger partial charge is 0.236 e. The Morgan fingerprint density at radius 2 is 2.00 bits per heavy atom. The fraction of sp³-hybridized carbons (Fsp3) is 0.364. The molecule has 0 bridgehead atoms. The van der Waals surface area contributed by atoms with Gasteiger partial charge in [0.05, 0.1) is 0 Å². The van der Waals surface area contributed by atoms with Crippen LogP contribution in [0.3, 0.4) is 0 Å². The quantitative estimate of drug-likeness (QED) is 0.485. The maximum atomic E-state index is 11.2.